The highest BCUT2D eigenvalue weighted by molar-refractivity contribution is 6.36. The molecule has 0 fully saturated rings. The van der Waals surface area contributed by atoms with E-state index in [1.54, 1.807) is 12.1 Å². The number of halogens is 3. The van der Waals surface area contributed by atoms with Crippen molar-refractivity contribution >= 4 is 41.6 Å². The van der Waals surface area contributed by atoms with Crippen molar-refractivity contribution in [3.8, 4) is 0 Å². The summed E-state index contributed by atoms with van der Waals surface area (Å²) >= 11 is 11.8. The molecule has 0 aromatic heterocycles. The number of carbonyl (C=O) groups is 1. The molecular weight excluding hydrogens is 321 g/mol. The lowest BCUT2D eigenvalue weighted by Crippen LogP contribution is -2.47. The Morgan fingerprint density at radius 2 is 1.80 bits per heavy atom. The van der Waals surface area contributed by atoms with Gasteiger partial charge in [0.15, 0.2) is 5.72 Å². The van der Waals surface area contributed by atoms with E-state index in [9.17, 15) is 4.79 Å². The van der Waals surface area contributed by atoms with Crippen molar-refractivity contribution in [2.45, 2.75) is 33.4 Å². The second kappa shape index (κ2) is 8.08. The first kappa shape index (κ1) is 19.5. The molecule has 0 N–H and O–H groups in total. The van der Waals surface area contributed by atoms with E-state index in [1.807, 2.05) is 27.7 Å². The fraction of sp³-hybridized carbons (Fsp3) is 0.500. The fourth-order valence-corrected chi connectivity index (χ4v) is 2.47. The minimum Gasteiger partial charge on any atom is -0.441 e. The molecule has 0 saturated heterocycles. The van der Waals surface area contributed by atoms with Gasteiger partial charge in [-0.05, 0) is 45.1 Å². The second-order valence-corrected chi connectivity index (χ2v) is 5.48. The van der Waals surface area contributed by atoms with Crippen LogP contribution in [0, 0.1) is 0 Å². The highest BCUT2D eigenvalue weighted by atomic mass is 35.5. The summed E-state index contributed by atoms with van der Waals surface area (Å²) in [6, 6.07) is 4.73. The van der Waals surface area contributed by atoms with E-state index in [2.05, 4.69) is 4.90 Å². The Balaban J connectivity index is 0.00000361. The van der Waals surface area contributed by atoms with Crippen LogP contribution in [0.4, 0.5) is 0 Å². The van der Waals surface area contributed by atoms with Gasteiger partial charge in [-0.1, -0.05) is 37.0 Å². The Labute approximate surface area is 136 Å². The van der Waals surface area contributed by atoms with Crippen LogP contribution >= 0.6 is 35.6 Å². The van der Waals surface area contributed by atoms with Crippen LogP contribution in [0.2, 0.25) is 10.0 Å². The first-order valence-electron chi connectivity index (χ1n) is 6.25. The smallest absolute Gasteiger partial charge is 0.341 e. The summed E-state index contributed by atoms with van der Waals surface area (Å²) in [5.41, 5.74) is -0.352. The molecular formula is C14H20Cl3NO2. The number of benzene rings is 1. The summed E-state index contributed by atoms with van der Waals surface area (Å²) in [7, 11) is 0. The predicted molar refractivity (Wildman–Crippen MR) is 86.1 cm³/mol. The van der Waals surface area contributed by atoms with Crippen LogP contribution in [0.5, 0.6) is 0 Å². The van der Waals surface area contributed by atoms with Crippen LogP contribution in [-0.4, -0.2) is 29.7 Å². The average Bonchev–Trinajstić information content (AvgIpc) is 2.28. The van der Waals surface area contributed by atoms with Crippen LogP contribution in [0.3, 0.4) is 0 Å². The first-order valence-corrected chi connectivity index (χ1v) is 7.00. The molecule has 0 radical (unpaired) electrons. The molecule has 0 amide bonds. The second-order valence-electron chi connectivity index (χ2n) is 4.63. The Morgan fingerprint density at radius 3 is 2.25 bits per heavy atom. The molecule has 6 heteroatoms. The monoisotopic (exact) mass is 339 g/mol. The lowest BCUT2D eigenvalue weighted by Gasteiger charge is -2.36. The number of esters is 1. The molecule has 0 heterocycles. The minimum atomic E-state index is -0.677. The average molecular weight is 341 g/mol. The first-order chi connectivity index (χ1) is 8.81. The number of rotatable bonds is 5. The molecule has 3 nitrogen and oxygen atoms in total. The van der Waals surface area contributed by atoms with E-state index in [0.717, 1.165) is 13.1 Å². The maximum Gasteiger partial charge on any atom is 0.341 e. The van der Waals surface area contributed by atoms with E-state index in [-0.39, 0.29) is 12.4 Å². The highest BCUT2D eigenvalue weighted by Gasteiger charge is 2.29. The number of hydrogen-bond acceptors (Lipinski definition) is 3. The molecule has 0 bridgehead atoms. The molecule has 0 atom stereocenters. The van der Waals surface area contributed by atoms with E-state index in [0.29, 0.717) is 15.6 Å². The van der Waals surface area contributed by atoms with Crippen molar-refractivity contribution in [1.29, 1.82) is 0 Å². The number of hydrogen-bond donors (Lipinski definition) is 0. The summed E-state index contributed by atoms with van der Waals surface area (Å²) < 4.78 is 5.55. The van der Waals surface area contributed by atoms with Gasteiger partial charge in [0.25, 0.3) is 0 Å². The van der Waals surface area contributed by atoms with E-state index < -0.39 is 11.7 Å². The molecule has 20 heavy (non-hydrogen) atoms. The molecule has 0 aliphatic carbocycles. The molecule has 1 aromatic carbocycles. The minimum absolute atomic E-state index is 0. The lowest BCUT2D eigenvalue weighted by molar-refractivity contribution is -0.0904. The molecule has 0 unspecified atom stereocenters. The van der Waals surface area contributed by atoms with Crippen molar-refractivity contribution in [1.82, 2.24) is 4.90 Å². The zero-order chi connectivity index (χ0) is 14.6. The molecule has 0 aliphatic heterocycles. The van der Waals surface area contributed by atoms with Gasteiger partial charge in [-0.2, -0.15) is 0 Å². The van der Waals surface area contributed by atoms with Gasteiger partial charge in [0.2, 0.25) is 0 Å². The van der Waals surface area contributed by atoms with Gasteiger partial charge in [0.1, 0.15) is 0 Å². The van der Waals surface area contributed by atoms with Crippen LogP contribution in [-0.2, 0) is 4.74 Å². The summed E-state index contributed by atoms with van der Waals surface area (Å²) in [5.74, 6) is -0.446. The summed E-state index contributed by atoms with van der Waals surface area (Å²) in [5, 5.41) is 0.789. The van der Waals surface area contributed by atoms with Gasteiger partial charge >= 0.3 is 5.97 Å². The Hall–Kier alpha value is -0.480. The van der Waals surface area contributed by atoms with Crippen molar-refractivity contribution < 1.29 is 9.53 Å². The zero-order valence-corrected chi connectivity index (χ0v) is 14.4. The largest absolute Gasteiger partial charge is 0.441 e. The SMILES string of the molecule is CCN(CC)C(C)(C)OC(=O)c1ccc(Cl)cc1Cl.Cl. The standard InChI is InChI=1S/C14H19Cl2NO2.ClH/c1-5-17(6-2)14(3,4)19-13(18)11-8-7-10(15)9-12(11)16;/h7-9H,5-6H2,1-4H3;1H. The van der Waals surface area contributed by atoms with Crippen LogP contribution in [0.1, 0.15) is 38.1 Å². The van der Waals surface area contributed by atoms with Crippen LogP contribution < -0.4 is 0 Å². The van der Waals surface area contributed by atoms with Crippen molar-refractivity contribution in [2.24, 2.45) is 0 Å². The molecule has 0 aliphatic rings. The van der Waals surface area contributed by atoms with Gasteiger partial charge in [0.05, 0.1) is 10.6 Å². The zero-order valence-electron chi connectivity index (χ0n) is 12.1. The molecule has 114 valence electrons. The third-order valence-corrected chi connectivity index (χ3v) is 3.57. The lowest BCUT2D eigenvalue weighted by atomic mass is 10.2. The molecule has 0 spiro atoms. The third-order valence-electron chi connectivity index (χ3n) is 3.02. The Bertz CT molecular complexity index is 460. The van der Waals surface area contributed by atoms with Gasteiger partial charge in [0, 0.05) is 5.02 Å². The molecule has 1 rings (SSSR count). The maximum absolute atomic E-state index is 12.2. The highest BCUT2D eigenvalue weighted by Crippen LogP contribution is 2.24. The van der Waals surface area contributed by atoms with Gasteiger partial charge in [-0.15, -0.1) is 12.4 Å². The summed E-state index contributed by atoms with van der Waals surface area (Å²) in [4.78, 5) is 14.2. The molecule has 1 aromatic rings. The van der Waals surface area contributed by atoms with Crippen LogP contribution in [0.25, 0.3) is 0 Å². The quantitative estimate of drug-likeness (QED) is 0.577. The number of nitrogens with zero attached hydrogens (tertiary/aromatic N) is 1. The fourth-order valence-electron chi connectivity index (χ4n) is 1.99. The van der Waals surface area contributed by atoms with E-state index >= 15 is 0 Å². The summed E-state index contributed by atoms with van der Waals surface area (Å²) in [6.45, 7) is 9.36. The van der Waals surface area contributed by atoms with E-state index in [4.69, 9.17) is 27.9 Å². The van der Waals surface area contributed by atoms with Crippen molar-refractivity contribution in [3.63, 3.8) is 0 Å². The topological polar surface area (TPSA) is 29.5 Å². The Morgan fingerprint density at radius 1 is 1.25 bits per heavy atom. The predicted octanol–water partition coefficient (Wildman–Crippen LogP) is 4.65. The van der Waals surface area contributed by atoms with Crippen molar-refractivity contribution in [2.75, 3.05) is 13.1 Å². The van der Waals surface area contributed by atoms with E-state index in [1.165, 1.54) is 6.07 Å². The van der Waals surface area contributed by atoms with Gasteiger partial charge in [-0.3, -0.25) is 4.90 Å². The van der Waals surface area contributed by atoms with Crippen LogP contribution in [0.15, 0.2) is 18.2 Å². The molecule has 0 saturated carbocycles. The third kappa shape index (κ3) is 4.81. The number of carbonyl (C=O) groups excluding carboxylic acids is 1. The van der Waals surface area contributed by atoms with Crippen molar-refractivity contribution in [3.05, 3.63) is 33.8 Å². The maximum atomic E-state index is 12.2. The normalized spacial score (nSPS) is 11.2. The van der Waals surface area contributed by atoms with Gasteiger partial charge in [-0.25, -0.2) is 4.79 Å². The number of ether oxygens (including phenoxy) is 1. The van der Waals surface area contributed by atoms with Gasteiger partial charge < -0.3 is 4.74 Å². The summed E-state index contributed by atoms with van der Waals surface area (Å²) in [6.07, 6.45) is 0. The Kier molecular flexibility index (Phi) is 7.89.